The van der Waals surface area contributed by atoms with Crippen LogP contribution in [0.4, 0.5) is 0 Å². The molecule has 2 atom stereocenters. The minimum Gasteiger partial charge on any atom is -0.443 e. The van der Waals surface area contributed by atoms with E-state index in [1.807, 2.05) is 20.8 Å². The summed E-state index contributed by atoms with van der Waals surface area (Å²) < 4.78 is 20.6. The fourth-order valence-corrected chi connectivity index (χ4v) is 2.90. The third kappa shape index (κ3) is 6.28. The normalized spacial score (nSPS) is 20.1. The van der Waals surface area contributed by atoms with E-state index < -0.39 is 11.0 Å². The van der Waals surface area contributed by atoms with Gasteiger partial charge in [-0.2, -0.15) is 0 Å². The van der Waals surface area contributed by atoms with E-state index in [9.17, 15) is 4.21 Å². The number of hydrogen-bond donors (Lipinski definition) is 1. The highest BCUT2D eigenvalue weighted by atomic mass is 32.2. The Hall–Kier alpha value is -0.530. The van der Waals surface area contributed by atoms with Crippen molar-refractivity contribution in [2.24, 2.45) is 5.92 Å². The minimum absolute atomic E-state index is 0.0985. The molecule has 1 fully saturated rings. The average molecular weight is 299 g/mol. The second-order valence-corrected chi connectivity index (χ2v) is 8.84. The van der Waals surface area contributed by atoms with Gasteiger partial charge in [0.2, 0.25) is 0 Å². The van der Waals surface area contributed by atoms with E-state index in [0.29, 0.717) is 5.92 Å². The maximum atomic E-state index is 12.1. The molecular weight excluding hydrogens is 270 g/mol. The van der Waals surface area contributed by atoms with Gasteiger partial charge in [-0.25, -0.2) is 8.93 Å². The van der Waals surface area contributed by atoms with E-state index in [4.69, 9.17) is 4.74 Å². The van der Waals surface area contributed by atoms with E-state index >= 15 is 0 Å². The monoisotopic (exact) mass is 299 g/mol. The zero-order chi connectivity index (χ0) is 15.2. The standard InChI is InChI=1S/C16H29NO2S/c1-13(2)15(17-20(18)16(3,4)5)11-12-19-14-9-7-6-8-10-14/h13-15,17H,6-10H2,1-5H3/t15-,20+/m1/s1. The van der Waals surface area contributed by atoms with E-state index in [1.54, 1.807) is 0 Å². The summed E-state index contributed by atoms with van der Waals surface area (Å²) in [4.78, 5) is 0. The Kier molecular flexibility index (Phi) is 7.05. The molecule has 4 heteroatoms. The van der Waals surface area contributed by atoms with Crippen molar-refractivity contribution in [3.63, 3.8) is 0 Å². The lowest BCUT2D eigenvalue weighted by Crippen LogP contribution is -2.41. The van der Waals surface area contributed by atoms with E-state index in [-0.39, 0.29) is 16.9 Å². The van der Waals surface area contributed by atoms with Crippen LogP contribution in [0, 0.1) is 17.9 Å². The number of ether oxygens (including phenoxy) is 1. The Bertz CT molecular complexity index is 370. The molecule has 0 bridgehead atoms. The van der Waals surface area contributed by atoms with Gasteiger partial charge in [0.25, 0.3) is 0 Å². The van der Waals surface area contributed by atoms with Crippen molar-refractivity contribution in [2.75, 3.05) is 0 Å². The van der Waals surface area contributed by atoms with Crippen molar-refractivity contribution in [2.45, 2.75) is 83.6 Å². The summed E-state index contributed by atoms with van der Waals surface area (Å²) in [5, 5.41) is 0. The molecule has 0 radical (unpaired) electrons. The predicted molar refractivity (Wildman–Crippen MR) is 85.4 cm³/mol. The first-order valence-corrected chi connectivity index (χ1v) is 8.80. The third-order valence-corrected chi connectivity index (χ3v) is 5.03. The van der Waals surface area contributed by atoms with E-state index in [1.165, 1.54) is 19.3 Å². The highest BCUT2D eigenvalue weighted by molar-refractivity contribution is 7.84. The molecule has 0 aromatic carbocycles. The van der Waals surface area contributed by atoms with Crippen molar-refractivity contribution < 1.29 is 8.95 Å². The molecule has 1 saturated carbocycles. The van der Waals surface area contributed by atoms with Crippen LogP contribution >= 0.6 is 0 Å². The molecule has 0 amide bonds. The first-order valence-electron chi connectivity index (χ1n) is 7.65. The van der Waals surface area contributed by atoms with Gasteiger partial charge in [0.05, 0.1) is 21.8 Å². The van der Waals surface area contributed by atoms with Crippen LogP contribution in [0.3, 0.4) is 0 Å². The van der Waals surface area contributed by atoms with E-state index in [0.717, 1.165) is 12.8 Å². The third-order valence-electron chi connectivity index (χ3n) is 3.45. The molecule has 0 spiro atoms. The quantitative estimate of drug-likeness (QED) is 0.808. The fraction of sp³-hybridized carbons (Fsp3) is 0.875. The molecule has 20 heavy (non-hydrogen) atoms. The summed E-state index contributed by atoms with van der Waals surface area (Å²) in [5.74, 6) is 3.39. The zero-order valence-corrected chi connectivity index (χ0v) is 14.3. The fourth-order valence-electron chi connectivity index (χ4n) is 1.99. The van der Waals surface area contributed by atoms with Crippen LogP contribution in [-0.2, 0) is 15.7 Å². The van der Waals surface area contributed by atoms with Gasteiger partial charge in [-0.15, -0.1) is 0 Å². The summed E-state index contributed by atoms with van der Waals surface area (Å²) in [5.41, 5.74) is 0. The molecule has 1 aliphatic rings. The SMILES string of the molecule is CC(C)[C@@H](C#COC1CCCCC1)N[S@@](=O)C(C)(C)C. The van der Waals surface area contributed by atoms with Crippen LogP contribution in [0.15, 0.2) is 0 Å². The summed E-state index contributed by atoms with van der Waals surface area (Å²) in [6.45, 7) is 10.0. The average Bonchev–Trinajstić information content (AvgIpc) is 2.37. The maximum Gasteiger partial charge on any atom is 0.112 e. The lowest BCUT2D eigenvalue weighted by atomic mass is 9.98. The van der Waals surface area contributed by atoms with Crippen molar-refractivity contribution in [1.29, 1.82) is 0 Å². The molecule has 0 heterocycles. The van der Waals surface area contributed by atoms with Crippen molar-refractivity contribution in [3.8, 4) is 12.0 Å². The lowest BCUT2D eigenvalue weighted by Gasteiger charge is -2.23. The van der Waals surface area contributed by atoms with Crippen molar-refractivity contribution in [3.05, 3.63) is 0 Å². The Morgan fingerprint density at radius 2 is 1.80 bits per heavy atom. The maximum absolute atomic E-state index is 12.1. The van der Waals surface area contributed by atoms with Crippen LogP contribution in [0.1, 0.15) is 66.7 Å². The van der Waals surface area contributed by atoms with Gasteiger partial charge in [-0.3, -0.25) is 0 Å². The molecule has 0 aromatic heterocycles. The van der Waals surface area contributed by atoms with Crippen LogP contribution in [0.5, 0.6) is 0 Å². The first kappa shape index (κ1) is 17.5. The molecule has 1 rings (SSSR count). The Morgan fingerprint density at radius 3 is 2.30 bits per heavy atom. The van der Waals surface area contributed by atoms with Gasteiger partial charge in [-0.05, 0) is 58.3 Å². The smallest absolute Gasteiger partial charge is 0.112 e. The van der Waals surface area contributed by atoms with Crippen LogP contribution in [-0.4, -0.2) is 21.1 Å². The van der Waals surface area contributed by atoms with Gasteiger partial charge < -0.3 is 4.74 Å². The second kappa shape index (κ2) is 8.05. The lowest BCUT2D eigenvalue weighted by molar-refractivity contribution is 0.124. The topological polar surface area (TPSA) is 38.3 Å². The number of rotatable bonds is 4. The Balaban J connectivity index is 2.52. The summed E-state index contributed by atoms with van der Waals surface area (Å²) >= 11 is 0. The van der Waals surface area contributed by atoms with Gasteiger partial charge >= 0.3 is 0 Å². The highest BCUT2D eigenvalue weighted by Crippen LogP contribution is 2.19. The molecule has 1 N–H and O–H groups in total. The highest BCUT2D eigenvalue weighted by Gasteiger charge is 2.23. The molecule has 116 valence electrons. The molecule has 0 unspecified atom stereocenters. The number of nitrogens with one attached hydrogen (secondary N) is 1. The minimum atomic E-state index is -1.10. The second-order valence-electron chi connectivity index (χ2n) is 6.84. The van der Waals surface area contributed by atoms with Gasteiger partial charge in [-0.1, -0.05) is 20.3 Å². The Labute approximate surface area is 126 Å². The van der Waals surface area contributed by atoms with Crippen molar-refractivity contribution >= 4 is 11.0 Å². The molecule has 3 nitrogen and oxygen atoms in total. The molecule has 0 aromatic rings. The Morgan fingerprint density at radius 1 is 1.20 bits per heavy atom. The van der Waals surface area contributed by atoms with Crippen LogP contribution in [0.25, 0.3) is 0 Å². The van der Waals surface area contributed by atoms with Crippen LogP contribution < -0.4 is 4.72 Å². The van der Waals surface area contributed by atoms with Crippen molar-refractivity contribution in [1.82, 2.24) is 4.72 Å². The molecule has 0 aliphatic heterocycles. The summed E-state index contributed by atoms with van der Waals surface area (Å²) in [6, 6.07) is -0.0985. The largest absolute Gasteiger partial charge is 0.443 e. The number of hydrogen-bond acceptors (Lipinski definition) is 2. The van der Waals surface area contributed by atoms with Gasteiger partial charge in [0.15, 0.2) is 0 Å². The molecule has 0 saturated heterocycles. The molecular formula is C16H29NO2S. The molecule has 1 aliphatic carbocycles. The first-order chi connectivity index (χ1) is 9.30. The summed E-state index contributed by atoms with van der Waals surface area (Å²) in [6.07, 6.45) is 9.16. The zero-order valence-electron chi connectivity index (χ0n) is 13.5. The van der Waals surface area contributed by atoms with Gasteiger partial charge in [0.1, 0.15) is 12.2 Å². The summed E-state index contributed by atoms with van der Waals surface area (Å²) in [7, 11) is -1.10. The van der Waals surface area contributed by atoms with Crippen LogP contribution in [0.2, 0.25) is 0 Å². The van der Waals surface area contributed by atoms with E-state index in [2.05, 4.69) is 30.6 Å². The predicted octanol–water partition coefficient (Wildman–Crippen LogP) is 3.37. The van der Waals surface area contributed by atoms with Gasteiger partial charge in [0, 0.05) is 0 Å².